The van der Waals surface area contributed by atoms with Gasteiger partial charge in [0.05, 0.1) is 5.69 Å². The van der Waals surface area contributed by atoms with E-state index in [1.54, 1.807) is 12.1 Å². The van der Waals surface area contributed by atoms with E-state index in [9.17, 15) is 8.42 Å². The Morgan fingerprint density at radius 1 is 1.30 bits per heavy atom. The van der Waals surface area contributed by atoms with Crippen molar-refractivity contribution >= 4 is 15.7 Å². The van der Waals surface area contributed by atoms with Gasteiger partial charge in [0.2, 0.25) is 0 Å². The van der Waals surface area contributed by atoms with Crippen LogP contribution in [0.5, 0.6) is 0 Å². The Morgan fingerprint density at radius 2 is 2.05 bits per heavy atom. The fourth-order valence-electron chi connectivity index (χ4n) is 2.00. The first-order valence-electron chi connectivity index (χ1n) is 6.55. The number of para-hydroxylation sites is 1. The Labute approximate surface area is 119 Å². The SMILES string of the molecule is CCCc1ccccc1NS(=O)(=O)c1c[nH]c(CN)c1. The average molecular weight is 293 g/mol. The number of nitrogens with two attached hydrogens (primary N) is 1. The van der Waals surface area contributed by atoms with E-state index < -0.39 is 10.0 Å². The predicted molar refractivity (Wildman–Crippen MR) is 79.9 cm³/mol. The molecule has 1 aromatic carbocycles. The maximum absolute atomic E-state index is 12.3. The lowest BCUT2D eigenvalue weighted by Gasteiger charge is -2.11. The number of hydrogen-bond donors (Lipinski definition) is 3. The van der Waals surface area contributed by atoms with Crippen LogP contribution in [0.3, 0.4) is 0 Å². The third-order valence-corrected chi connectivity index (χ3v) is 4.37. The highest BCUT2D eigenvalue weighted by atomic mass is 32.2. The van der Waals surface area contributed by atoms with Gasteiger partial charge in [0.25, 0.3) is 10.0 Å². The molecular formula is C14H19N3O2S. The second-order valence-electron chi connectivity index (χ2n) is 4.58. The number of rotatable bonds is 6. The van der Waals surface area contributed by atoms with Crippen LogP contribution in [0.2, 0.25) is 0 Å². The molecule has 6 heteroatoms. The first-order valence-corrected chi connectivity index (χ1v) is 8.03. The molecule has 1 aromatic heterocycles. The second-order valence-corrected chi connectivity index (χ2v) is 6.26. The molecule has 2 aromatic rings. The van der Waals surface area contributed by atoms with Gasteiger partial charge in [0.15, 0.2) is 0 Å². The first kappa shape index (κ1) is 14.6. The number of aromatic amines is 1. The summed E-state index contributed by atoms with van der Waals surface area (Å²) in [6.45, 7) is 2.34. The second kappa shape index (κ2) is 6.11. The lowest BCUT2D eigenvalue weighted by atomic mass is 10.1. The lowest BCUT2D eigenvalue weighted by molar-refractivity contribution is 0.601. The Morgan fingerprint density at radius 3 is 2.70 bits per heavy atom. The number of benzene rings is 1. The number of nitrogens with one attached hydrogen (secondary N) is 2. The Balaban J connectivity index is 2.28. The van der Waals surface area contributed by atoms with Crippen LogP contribution in [-0.4, -0.2) is 13.4 Å². The number of sulfonamides is 1. The zero-order valence-corrected chi connectivity index (χ0v) is 12.2. The molecule has 0 saturated heterocycles. The monoisotopic (exact) mass is 293 g/mol. The van der Waals surface area contributed by atoms with E-state index >= 15 is 0 Å². The van der Waals surface area contributed by atoms with Gasteiger partial charge in [-0.15, -0.1) is 0 Å². The van der Waals surface area contributed by atoms with E-state index in [1.165, 1.54) is 6.20 Å². The molecule has 0 spiro atoms. The summed E-state index contributed by atoms with van der Waals surface area (Å²) in [6, 6.07) is 8.98. The molecule has 0 fully saturated rings. The lowest BCUT2D eigenvalue weighted by Crippen LogP contribution is -2.13. The maximum Gasteiger partial charge on any atom is 0.263 e. The molecule has 0 aliphatic heterocycles. The van der Waals surface area contributed by atoms with E-state index in [0.717, 1.165) is 18.4 Å². The minimum atomic E-state index is -3.58. The van der Waals surface area contributed by atoms with Gasteiger partial charge in [0, 0.05) is 18.4 Å². The van der Waals surface area contributed by atoms with E-state index in [0.29, 0.717) is 11.4 Å². The van der Waals surface area contributed by atoms with Crippen LogP contribution < -0.4 is 10.5 Å². The summed E-state index contributed by atoms with van der Waals surface area (Å²) >= 11 is 0. The smallest absolute Gasteiger partial charge is 0.263 e. The standard InChI is InChI=1S/C14H19N3O2S/c1-2-5-11-6-3-4-7-14(11)17-20(18,19)13-8-12(9-15)16-10-13/h3-4,6-8,10,16-17H,2,5,9,15H2,1H3. The Kier molecular flexibility index (Phi) is 4.46. The van der Waals surface area contributed by atoms with E-state index in [4.69, 9.17) is 5.73 Å². The molecule has 4 N–H and O–H groups in total. The van der Waals surface area contributed by atoms with Gasteiger partial charge in [-0.3, -0.25) is 4.72 Å². The van der Waals surface area contributed by atoms with E-state index in [-0.39, 0.29) is 11.4 Å². The molecule has 0 atom stereocenters. The fourth-order valence-corrected chi connectivity index (χ4v) is 3.12. The molecule has 1 heterocycles. The summed E-state index contributed by atoms with van der Waals surface area (Å²) in [5.41, 5.74) is 7.79. The molecule has 5 nitrogen and oxygen atoms in total. The highest BCUT2D eigenvalue weighted by molar-refractivity contribution is 7.92. The number of aromatic nitrogens is 1. The molecule has 0 bridgehead atoms. The highest BCUT2D eigenvalue weighted by Gasteiger charge is 2.17. The molecule has 20 heavy (non-hydrogen) atoms. The summed E-state index contributed by atoms with van der Waals surface area (Å²) in [4.78, 5) is 3.04. The summed E-state index contributed by atoms with van der Waals surface area (Å²) < 4.78 is 27.3. The normalized spacial score (nSPS) is 11.5. The molecular weight excluding hydrogens is 274 g/mol. The number of aryl methyl sites for hydroxylation is 1. The summed E-state index contributed by atoms with van der Waals surface area (Å²) in [5.74, 6) is 0. The van der Waals surface area contributed by atoms with Crippen LogP contribution in [0.4, 0.5) is 5.69 Å². The molecule has 108 valence electrons. The number of anilines is 1. The molecule has 0 radical (unpaired) electrons. The number of H-pyrrole nitrogens is 1. The van der Waals surface area contributed by atoms with Crippen molar-refractivity contribution in [1.29, 1.82) is 0 Å². The van der Waals surface area contributed by atoms with E-state index in [1.807, 2.05) is 18.2 Å². The minimum Gasteiger partial charge on any atom is -0.363 e. The Hall–Kier alpha value is -1.79. The van der Waals surface area contributed by atoms with Crippen LogP contribution >= 0.6 is 0 Å². The number of hydrogen-bond acceptors (Lipinski definition) is 3. The van der Waals surface area contributed by atoms with Crippen molar-refractivity contribution in [2.45, 2.75) is 31.2 Å². The first-order chi connectivity index (χ1) is 9.56. The van der Waals surface area contributed by atoms with Gasteiger partial charge in [-0.2, -0.15) is 0 Å². The zero-order chi connectivity index (χ0) is 14.6. The summed E-state index contributed by atoms with van der Waals surface area (Å²) in [7, 11) is -3.58. The molecule has 2 rings (SSSR count). The average Bonchev–Trinajstić information content (AvgIpc) is 2.91. The van der Waals surface area contributed by atoms with Gasteiger partial charge in [-0.05, 0) is 24.1 Å². The van der Waals surface area contributed by atoms with Crippen molar-refractivity contribution in [3.8, 4) is 0 Å². The molecule has 0 unspecified atom stereocenters. The topological polar surface area (TPSA) is 88.0 Å². The van der Waals surface area contributed by atoms with Gasteiger partial charge >= 0.3 is 0 Å². The van der Waals surface area contributed by atoms with E-state index in [2.05, 4.69) is 16.6 Å². The van der Waals surface area contributed by atoms with Crippen LogP contribution in [0.1, 0.15) is 24.6 Å². The summed E-state index contributed by atoms with van der Waals surface area (Å²) in [6.07, 6.45) is 3.24. The van der Waals surface area contributed by atoms with Crippen LogP contribution in [-0.2, 0) is 23.0 Å². The van der Waals surface area contributed by atoms with Crippen molar-refractivity contribution < 1.29 is 8.42 Å². The quantitative estimate of drug-likeness (QED) is 0.763. The van der Waals surface area contributed by atoms with Gasteiger partial charge < -0.3 is 10.7 Å². The highest BCUT2D eigenvalue weighted by Crippen LogP contribution is 2.21. The maximum atomic E-state index is 12.3. The van der Waals surface area contributed by atoms with Crippen molar-refractivity contribution in [3.63, 3.8) is 0 Å². The van der Waals surface area contributed by atoms with Crippen molar-refractivity contribution in [2.75, 3.05) is 4.72 Å². The molecule has 0 amide bonds. The third-order valence-electron chi connectivity index (χ3n) is 3.03. The van der Waals surface area contributed by atoms with Gasteiger partial charge in [-0.25, -0.2) is 8.42 Å². The zero-order valence-electron chi connectivity index (χ0n) is 11.4. The molecule has 0 aliphatic rings. The van der Waals surface area contributed by atoms with Crippen LogP contribution in [0.15, 0.2) is 41.4 Å². The van der Waals surface area contributed by atoms with Crippen molar-refractivity contribution in [1.82, 2.24) is 4.98 Å². The third kappa shape index (κ3) is 3.20. The Bertz CT molecular complexity index is 677. The molecule has 0 saturated carbocycles. The largest absolute Gasteiger partial charge is 0.363 e. The van der Waals surface area contributed by atoms with Crippen molar-refractivity contribution in [2.24, 2.45) is 5.73 Å². The van der Waals surface area contributed by atoms with Gasteiger partial charge in [0.1, 0.15) is 4.90 Å². The van der Waals surface area contributed by atoms with Gasteiger partial charge in [-0.1, -0.05) is 31.5 Å². The fraction of sp³-hybridized carbons (Fsp3) is 0.286. The predicted octanol–water partition coefficient (Wildman–Crippen LogP) is 2.23. The minimum absolute atomic E-state index is 0.198. The summed E-state index contributed by atoms with van der Waals surface area (Å²) in [5, 5.41) is 0. The van der Waals surface area contributed by atoms with Crippen LogP contribution in [0, 0.1) is 0 Å². The van der Waals surface area contributed by atoms with Crippen LogP contribution in [0.25, 0.3) is 0 Å². The molecule has 0 aliphatic carbocycles. The van der Waals surface area contributed by atoms with Crippen molar-refractivity contribution in [3.05, 3.63) is 47.8 Å².